The van der Waals surface area contributed by atoms with E-state index in [0.717, 1.165) is 56.0 Å². The minimum Gasteiger partial charge on any atom is -0.399 e. The summed E-state index contributed by atoms with van der Waals surface area (Å²) in [7, 11) is 0. The van der Waals surface area contributed by atoms with Crippen LogP contribution in [0.15, 0.2) is 158 Å². The molecule has 12 nitrogen and oxygen atoms in total. The van der Waals surface area contributed by atoms with Crippen LogP contribution in [0, 0.1) is 70.3 Å². The second-order valence-corrected chi connectivity index (χ2v) is 17.4. The smallest absolute Gasteiger partial charge is 0.312 e. The number of hydrogen-bond donors (Lipinski definition) is 4. The molecule has 0 unspecified atom stereocenters. The van der Waals surface area contributed by atoms with Crippen molar-refractivity contribution in [1.82, 2.24) is 29.1 Å². The van der Waals surface area contributed by atoms with Crippen molar-refractivity contribution < 1.29 is 4.39 Å². The molecule has 71 heavy (non-hydrogen) atoms. The molecule has 10 rings (SSSR count). The summed E-state index contributed by atoms with van der Waals surface area (Å²) in [6.45, 7) is 13.8. The van der Waals surface area contributed by atoms with Gasteiger partial charge in [-0.2, -0.15) is 34.9 Å². The average molecular weight is 937 g/mol. The Balaban J connectivity index is 0.000000166. The fourth-order valence-corrected chi connectivity index (χ4v) is 8.47. The minimum absolute atomic E-state index is 0.486. The van der Waals surface area contributed by atoms with Gasteiger partial charge in [0.25, 0.3) is 0 Å². The largest absolute Gasteiger partial charge is 0.399 e. The van der Waals surface area contributed by atoms with Gasteiger partial charge in [-0.15, -0.1) is 0 Å². The highest BCUT2D eigenvalue weighted by molar-refractivity contribution is 5.92. The molecule has 4 heterocycles. The van der Waals surface area contributed by atoms with Crippen LogP contribution >= 0.6 is 0 Å². The second kappa shape index (κ2) is 21.7. The summed E-state index contributed by atoms with van der Waals surface area (Å²) in [6, 6.07) is 51.1. The van der Waals surface area contributed by atoms with Crippen LogP contribution in [0.5, 0.6) is 0 Å². The van der Waals surface area contributed by atoms with E-state index in [4.69, 9.17) is 26.2 Å². The maximum atomic E-state index is 14.2. The highest BCUT2D eigenvalue weighted by Gasteiger charge is 2.17. The van der Waals surface area contributed by atoms with E-state index in [1.165, 1.54) is 27.8 Å². The van der Waals surface area contributed by atoms with E-state index in [2.05, 4.69) is 113 Å². The number of nitriles is 2. The highest BCUT2D eigenvalue weighted by Crippen LogP contribution is 2.32. The van der Waals surface area contributed by atoms with Gasteiger partial charge < -0.3 is 30.8 Å². The Labute approximate surface area is 413 Å². The van der Waals surface area contributed by atoms with Crippen LogP contribution in [0.1, 0.15) is 55.6 Å². The van der Waals surface area contributed by atoms with E-state index in [9.17, 15) is 4.39 Å². The van der Waals surface area contributed by atoms with Gasteiger partial charge in [0.05, 0.1) is 34.0 Å². The van der Waals surface area contributed by atoms with Crippen LogP contribution in [-0.2, 0) is 13.1 Å². The lowest BCUT2D eigenvalue weighted by atomic mass is 10.1. The van der Waals surface area contributed by atoms with E-state index in [-0.39, 0.29) is 0 Å². The van der Waals surface area contributed by atoms with Gasteiger partial charge in [0.2, 0.25) is 5.95 Å². The summed E-state index contributed by atoms with van der Waals surface area (Å²) in [6.07, 6.45) is 3.24. The first-order valence-electron chi connectivity index (χ1n) is 23.0. The number of nitrogens with zero attached hydrogens (tertiary/aromatic N) is 8. The summed E-state index contributed by atoms with van der Waals surface area (Å²) >= 11 is 0. The first-order chi connectivity index (χ1) is 34.3. The molecule has 0 spiro atoms. The van der Waals surface area contributed by atoms with Crippen LogP contribution in [0.25, 0.3) is 22.1 Å². The Morgan fingerprint density at radius 3 is 1.38 bits per heavy atom. The predicted octanol–water partition coefficient (Wildman–Crippen LogP) is 13.2. The Hall–Kier alpha value is -9.33. The highest BCUT2D eigenvalue weighted by atomic mass is 19.1. The summed E-state index contributed by atoms with van der Waals surface area (Å²) in [5.41, 5.74) is 20.8. The van der Waals surface area contributed by atoms with Crippen molar-refractivity contribution in [3.05, 3.63) is 220 Å². The van der Waals surface area contributed by atoms with Crippen LogP contribution in [0.3, 0.4) is 0 Å². The molecule has 0 saturated carbocycles. The van der Waals surface area contributed by atoms with Crippen molar-refractivity contribution in [2.45, 2.75) is 54.6 Å². The molecule has 5 N–H and O–H groups in total. The molecule has 0 radical (unpaired) electrons. The molecule has 0 bridgehead atoms. The third kappa shape index (κ3) is 11.9. The van der Waals surface area contributed by atoms with Gasteiger partial charge in [0.1, 0.15) is 22.9 Å². The number of anilines is 7. The van der Waals surface area contributed by atoms with E-state index in [0.29, 0.717) is 47.3 Å². The Kier molecular flexibility index (Phi) is 14.7. The predicted molar refractivity (Wildman–Crippen MR) is 284 cm³/mol. The zero-order valence-electron chi connectivity index (χ0n) is 40.5. The molecule has 10 aromatic rings. The Morgan fingerprint density at radius 1 is 0.507 bits per heavy atom. The van der Waals surface area contributed by atoms with E-state index < -0.39 is 6.08 Å². The summed E-state index contributed by atoms with van der Waals surface area (Å²) in [4.78, 5) is 17.8. The molecule has 6 aromatic carbocycles. The number of aromatic nitrogens is 6. The number of fused-ring (bicyclic) bond motifs is 2. The maximum Gasteiger partial charge on any atom is 0.312 e. The number of rotatable bonds is 10. The monoisotopic (exact) mass is 936 g/mol. The van der Waals surface area contributed by atoms with Crippen molar-refractivity contribution in [1.29, 1.82) is 10.5 Å². The van der Waals surface area contributed by atoms with Crippen LogP contribution in [0.4, 0.5) is 44.7 Å². The average Bonchev–Trinajstić information content (AvgIpc) is 3.96. The third-order valence-electron chi connectivity index (χ3n) is 11.8. The van der Waals surface area contributed by atoms with E-state index >= 15 is 0 Å². The number of halogens is 1. The molecule has 0 fully saturated rings. The summed E-state index contributed by atoms with van der Waals surface area (Å²) in [5.74, 6) is 1.72. The van der Waals surface area contributed by atoms with Crippen molar-refractivity contribution in [3.63, 3.8) is 0 Å². The lowest BCUT2D eigenvalue weighted by molar-refractivity contribution is 0.543. The molecule has 0 atom stereocenters. The standard InChI is InChI=1S/C29H26N6.C22H21FN4.C7H6N2/c1-19-15-20(2)26(21(3)16-19)32-27-25-13-14-35(18-23-7-5-4-6-8-23)28(25)34-29(33-27)31-24-11-9-22(17-30)10-12-24;1-14-11-15(2)19(16(3)12-14)24-20-18-9-10-27(21(18)26-22(23)25-20)13-17-7-5-4-6-8-17;8-5-6-1-3-7(9)4-2-6/h4-16H,18H2,1-3H3,(H2,31,32,33,34);4-12H,13H2,1-3H3,(H,24,25,26);1-4H,9H2. The van der Waals surface area contributed by atoms with Crippen molar-refractivity contribution in [2.24, 2.45) is 0 Å². The topological polar surface area (TPSA) is 171 Å². The summed E-state index contributed by atoms with van der Waals surface area (Å²) in [5, 5.41) is 29.4. The number of benzene rings is 6. The SMILES string of the molecule is Cc1cc(C)c(Nc2nc(F)nc3c2ccn3Cc2ccccc2)c(C)c1.Cc1cc(C)c(Nc2nc(Nc3ccc(C#N)cc3)nc3c2ccn3Cc2ccccc2)c(C)c1.N#Cc1ccc(N)cc1. The van der Waals surface area contributed by atoms with Gasteiger partial charge in [0.15, 0.2) is 0 Å². The quantitative estimate of drug-likeness (QED) is 0.0764. The molecule has 0 aliphatic heterocycles. The van der Waals surface area contributed by atoms with Gasteiger partial charge in [-0.3, -0.25) is 0 Å². The minimum atomic E-state index is -0.736. The normalized spacial score (nSPS) is 10.6. The molecular weight excluding hydrogens is 884 g/mol. The van der Waals surface area contributed by atoms with Gasteiger partial charge in [0, 0.05) is 48.2 Å². The van der Waals surface area contributed by atoms with Crippen molar-refractivity contribution in [3.8, 4) is 12.1 Å². The number of aryl methyl sites for hydroxylation is 6. The van der Waals surface area contributed by atoms with Crippen LogP contribution in [0.2, 0.25) is 0 Å². The number of hydrogen-bond acceptors (Lipinski definition) is 10. The molecule has 352 valence electrons. The fourth-order valence-electron chi connectivity index (χ4n) is 8.47. The first-order valence-corrected chi connectivity index (χ1v) is 23.0. The molecule has 0 aliphatic rings. The molecule has 13 heteroatoms. The number of nitrogen functional groups attached to an aromatic ring is 1. The number of nitrogens with two attached hydrogens (primary N) is 1. The van der Waals surface area contributed by atoms with E-state index in [1.54, 1.807) is 36.4 Å². The molecule has 0 aliphatic carbocycles. The molecule has 4 aromatic heterocycles. The van der Waals surface area contributed by atoms with Crippen LogP contribution < -0.4 is 21.7 Å². The zero-order valence-corrected chi connectivity index (χ0v) is 40.5. The third-order valence-corrected chi connectivity index (χ3v) is 11.8. The van der Waals surface area contributed by atoms with Gasteiger partial charge in [-0.05, 0) is 136 Å². The van der Waals surface area contributed by atoms with Gasteiger partial charge >= 0.3 is 6.08 Å². The molecule has 0 amide bonds. The summed E-state index contributed by atoms with van der Waals surface area (Å²) < 4.78 is 18.3. The number of nitrogens with one attached hydrogen (secondary N) is 3. The Bertz CT molecular complexity index is 3510. The van der Waals surface area contributed by atoms with Crippen molar-refractivity contribution in [2.75, 3.05) is 21.7 Å². The van der Waals surface area contributed by atoms with Crippen molar-refractivity contribution >= 4 is 62.4 Å². The van der Waals surface area contributed by atoms with E-state index in [1.807, 2.05) is 97.4 Å². The zero-order chi connectivity index (χ0) is 50.0. The first kappa shape index (κ1) is 48.1. The fraction of sp³-hybridized carbons (Fsp3) is 0.138. The maximum absolute atomic E-state index is 14.2. The lowest BCUT2D eigenvalue weighted by Gasteiger charge is -2.16. The molecular formula is C58H53FN12. The Morgan fingerprint density at radius 2 is 0.930 bits per heavy atom. The van der Waals surface area contributed by atoms with Crippen LogP contribution in [-0.4, -0.2) is 29.1 Å². The second-order valence-electron chi connectivity index (χ2n) is 17.4. The van der Waals surface area contributed by atoms with Gasteiger partial charge in [-0.1, -0.05) is 96.1 Å². The molecule has 0 saturated heterocycles. The van der Waals surface area contributed by atoms with Gasteiger partial charge in [-0.25, -0.2) is 0 Å². The lowest BCUT2D eigenvalue weighted by Crippen LogP contribution is -2.06.